The number of methoxy groups -OCH3 is 2. The fourth-order valence-electron chi connectivity index (χ4n) is 10.7. The number of fused-ring (bicyclic) bond motifs is 3. The summed E-state index contributed by atoms with van der Waals surface area (Å²) in [6.45, 7) is 19.8. The van der Waals surface area contributed by atoms with Crippen LogP contribution < -0.4 is 0 Å². The van der Waals surface area contributed by atoms with Gasteiger partial charge in [0.1, 0.15) is 30.1 Å². The number of Topliss-reactive ketones (excluding diaryl/α,β-unsaturated/α-hetero) is 3. The second-order valence-electron chi connectivity index (χ2n) is 21.9. The Hall–Kier alpha value is -3.14. The summed E-state index contributed by atoms with van der Waals surface area (Å²) < 4.78 is 49.1. The Morgan fingerprint density at radius 2 is 1.55 bits per heavy atom. The third kappa shape index (κ3) is 17.2. The summed E-state index contributed by atoms with van der Waals surface area (Å²) in [6, 6.07) is -1.16. The van der Waals surface area contributed by atoms with Crippen LogP contribution in [0, 0.1) is 35.5 Å². The minimum absolute atomic E-state index is 0.0220. The predicted molar refractivity (Wildman–Crippen MR) is 273 cm³/mol. The van der Waals surface area contributed by atoms with Crippen molar-refractivity contribution in [1.29, 1.82) is 0 Å². The largest absolute Gasteiger partial charge is 0.460 e. The highest BCUT2D eigenvalue weighted by Gasteiger charge is 2.53. The number of hydrogen-bond acceptors (Lipinski definition) is 14. The van der Waals surface area contributed by atoms with Gasteiger partial charge in [-0.25, -0.2) is 4.79 Å². The molecule has 3 fully saturated rings. The second-order valence-corrected chi connectivity index (χ2v) is 24.6. The molecule has 402 valence electrons. The first-order valence-electron chi connectivity index (χ1n) is 26.1. The molecule has 2 bridgehead atoms. The fourth-order valence-corrected chi connectivity index (χ4v) is 11.6. The van der Waals surface area contributed by atoms with Gasteiger partial charge in [0.25, 0.3) is 11.7 Å². The lowest BCUT2D eigenvalue weighted by molar-refractivity contribution is -0.265. The predicted octanol–water partition coefficient (Wildman–Crippen LogP) is 8.52. The Morgan fingerprint density at radius 1 is 0.845 bits per heavy atom. The molecule has 0 spiro atoms. The van der Waals surface area contributed by atoms with Crippen LogP contribution in [0.25, 0.3) is 0 Å². The number of aliphatic hydroxyl groups excluding tert-OH is 1. The van der Waals surface area contributed by atoms with Gasteiger partial charge in [-0.1, -0.05) is 71.1 Å². The van der Waals surface area contributed by atoms with Gasteiger partial charge in [0, 0.05) is 64.7 Å². The number of carbonyl (C=O) groups excluding carboxylic acids is 5. The number of hydrogen-bond donors (Lipinski definition) is 2. The van der Waals surface area contributed by atoms with Crippen molar-refractivity contribution in [1.82, 2.24) is 4.90 Å². The molecule has 15 atom stereocenters. The summed E-state index contributed by atoms with van der Waals surface area (Å²) >= 11 is 0. The van der Waals surface area contributed by atoms with Crippen molar-refractivity contribution in [2.24, 2.45) is 35.5 Å². The van der Waals surface area contributed by atoms with E-state index in [1.807, 2.05) is 59.8 Å². The number of piperidine rings is 1. The van der Waals surface area contributed by atoms with Crippen LogP contribution in [-0.2, 0) is 56.7 Å². The van der Waals surface area contributed by atoms with E-state index in [-0.39, 0.29) is 73.4 Å². The standard InChI is InChI=1S/C55H88NO14P/c1-33(2)67-50-39(8)28-36(5)45(58)32-47(37(6)29-41-23-25-46(48(30-41)65-10)70-71(12,13)64)68-54(62)43-21-17-18-26-56(43)53(61)52(60)55(63)40(9)22-24-42(69-55)31-44(57)35(4)20-16-14-15-19-34(3)27-38(7)49(59)51(50)66-11/h14-16,19-20,28,33-34,36-38,40-44,46-48,50-51,57,63H,17-18,21-27,29-32H2,1-13H3/b16-14+,19-15+,35-20+,39-28+/t34-,36-,37-,38-,40-,41+,42+,43+,44+,46-,47+,48-,50-,51+,55-/m1/s1. The van der Waals surface area contributed by atoms with Crippen LogP contribution in [0.15, 0.2) is 47.6 Å². The van der Waals surface area contributed by atoms with Crippen molar-refractivity contribution < 1.29 is 67.0 Å². The maximum absolute atomic E-state index is 14.6. The number of esters is 1. The lowest BCUT2D eigenvalue weighted by Gasteiger charge is -2.42. The summed E-state index contributed by atoms with van der Waals surface area (Å²) in [5.74, 6) is -7.90. The number of cyclic esters (lactones) is 1. The lowest BCUT2D eigenvalue weighted by atomic mass is 9.78. The van der Waals surface area contributed by atoms with Gasteiger partial charge in [-0.15, -0.1) is 0 Å². The molecule has 0 unspecified atom stereocenters. The number of rotatable bonds is 9. The molecule has 15 nitrogen and oxygen atoms in total. The number of amides is 1. The molecular formula is C55H88NO14P. The van der Waals surface area contributed by atoms with E-state index in [0.717, 1.165) is 6.42 Å². The molecule has 3 aliphatic heterocycles. The van der Waals surface area contributed by atoms with Crippen LogP contribution in [-0.4, -0.2) is 139 Å². The van der Waals surface area contributed by atoms with Crippen molar-refractivity contribution in [2.45, 2.75) is 200 Å². The van der Waals surface area contributed by atoms with Crippen molar-refractivity contribution in [3.8, 4) is 0 Å². The van der Waals surface area contributed by atoms with Crippen LogP contribution in [0.3, 0.4) is 0 Å². The van der Waals surface area contributed by atoms with E-state index in [2.05, 4.69) is 0 Å². The highest BCUT2D eigenvalue weighted by atomic mass is 31.2. The van der Waals surface area contributed by atoms with Gasteiger partial charge in [-0.2, -0.15) is 0 Å². The van der Waals surface area contributed by atoms with E-state index in [0.29, 0.717) is 62.5 Å². The summed E-state index contributed by atoms with van der Waals surface area (Å²) in [6.07, 6.45) is 10.8. The van der Waals surface area contributed by atoms with Crippen molar-refractivity contribution in [2.75, 3.05) is 34.1 Å². The molecule has 1 saturated carbocycles. The summed E-state index contributed by atoms with van der Waals surface area (Å²) in [5.41, 5.74) is 1.27. The second kappa shape index (κ2) is 27.4. The first-order valence-corrected chi connectivity index (χ1v) is 28.7. The number of allylic oxidation sites excluding steroid dienone is 6. The third-order valence-electron chi connectivity index (χ3n) is 15.0. The molecule has 3 heterocycles. The zero-order valence-electron chi connectivity index (χ0n) is 45.0. The Morgan fingerprint density at radius 3 is 2.20 bits per heavy atom. The normalized spacial score (nSPS) is 38.3. The van der Waals surface area contributed by atoms with E-state index < -0.39 is 85.1 Å². The van der Waals surface area contributed by atoms with E-state index in [1.165, 1.54) is 12.0 Å². The van der Waals surface area contributed by atoms with Crippen LogP contribution >= 0.6 is 7.37 Å². The van der Waals surface area contributed by atoms with Gasteiger partial charge in [-0.05, 0) is 121 Å². The quantitative estimate of drug-likeness (QED) is 0.0963. The van der Waals surface area contributed by atoms with Crippen LogP contribution in [0.5, 0.6) is 0 Å². The molecule has 16 heteroatoms. The molecule has 71 heavy (non-hydrogen) atoms. The van der Waals surface area contributed by atoms with Crippen molar-refractivity contribution >= 4 is 36.6 Å². The zero-order chi connectivity index (χ0) is 53.0. The van der Waals surface area contributed by atoms with Gasteiger partial charge in [0.05, 0.1) is 30.5 Å². The van der Waals surface area contributed by atoms with E-state index in [4.69, 9.17) is 28.2 Å². The van der Waals surface area contributed by atoms with Gasteiger partial charge in [0.2, 0.25) is 5.79 Å². The third-order valence-corrected chi connectivity index (χ3v) is 15.8. The SMILES string of the molecule is CO[C@@H]1C[C@H](C[C@@H](C)[C@@H]2CC(=O)[C@H](C)/C=C(\C)[C@@H](OC(C)C)[C@@H](OC)C(=O)[C@H](C)C[C@H](C)/C=C/C=C/C=C(\C)[C@@H](O)C[C@@H]3CC[C@@H](C)[C@@](O)(O3)C(=O)C(=O)N3CCCC[C@H]3C(=O)O2)CC[C@H]1OP(C)(C)=O. The molecule has 4 aliphatic rings. The molecule has 0 aromatic carbocycles. The minimum Gasteiger partial charge on any atom is -0.460 e. The number of carbonyl (C=O) groups is 5. The molecule has 4 rings (SSSR count). The highest BCUT2D eigenvalue weighted by Crippen LogP contribution is 2.45. The van der Waals surface area contributed by atoms with Crippen molar-refractivity contribution in [3.63, 3.8) is 0 Å². The summed E-state index contributed by atoms with van der Waals surface area (Å²) in [4.78, 5) is 72.9. The Labute approximate surface area is 424 Å². The van der Waals surface area contributed by atoms with Crippen LogP contribution in [0.4, 0.5) is 0 Å². The minimum atomic E-state index is -2.79. The average Bonchev–Trinajstić information content (AvgIpc) is 3.30. The first kappa shape index (κ1) is 60.4. The molecule has 1 amide bonds. The lowest BCUT2D eigenvalue weighted by Crippen LogP contribution is -2.61. The van der Waals surface area contributed by atoms with Crippen molar-refractivity contribution in [3.05, 3.63) is 47.6 Å². The summed E-state index contributed by atoms with van der Waals surface area (Å²) in [5, 5.41) is 23.1. The molecular weight excluding hydrogens is 930 g/mol. The maximum Gasteiger partial charge on any atom is 0.329 e. The highest BCUT2D eigenvalue weighted by molar-refractivity contribution is 7.57. The maximum atomic E-state index is 14.6. The first-order chi connectivity index (χ1) is 33.3. The van der Waals surface area contributed by atoms with Gasteiger partial charge < -0.3 is 43.3 Å². The van der Waals surface area contributed by atoms with E-state index >= 15 is 0 Å². The van der Waals surface area contributed by atoms with Gasteiger partial charge >= 0.3 is 5.97 Å². The Kier molecular flexibility index (Phi) is 23.3. The van der Waals surface area contributed by atoms with Crippen LogP contribution in [0.1, 0.15) is 139 Å². The number of ketones is 3. The van der Waals surface area contributed by atoms with Crippen LogP contribution in [0.2, 0.25) is 0 Å². The number of nitrogens with zero attached hydrogens (tertiary/aromatic N) is 1. The topological polar surface area (TPSA) is 201 Å². The van der Waals surface area contributed by atoms with E-state index in [1.54, 1.807) is 59.4 Å². The Balaban J connectivity index is 1.74. The smallest absolute Gasteiger partial charge is 0.329 e. The molecule has 1 aliphatic carbocycles. The zero-order valence-corrected chi connectivity index (χ0v) is 45.9. The fraction of sp³-hybridized carbons (Fsp3) is 0.764. The monoisotopic (exact) mass is 1020 g/mol. The molecule has 2 N–H and O–H groups in total. The average molecular weight is 1020 g/mol. The van der Waals surface area contributed by atoms with Gasteiger partial charge in [0.15, 0.2) is 13.2 Å². The number of aliphatic hydroxyl groups is 2. The summed E-state index contributed by atoms with van der Waals surface area (Å²) in [7, 11) is 0.296. The van der Waals surface area contributed by atoms with E-state index in [9.17, 15) is 38.8 Å². The number of ether oxygens (including phenoxy) is 5. The molecule has 0 aromatic heterocycles. The molecule has 0 radical (unpaired) electrons. The molecule has 0 aromatic rings. The Bertz CT molecular complexity index is 1990. The molecule has 2 saturated heterocycles. The van der Waals surface area contributed by atoms with Gasteiger partial charge in [-0.3, -0.25) is 23.7 Å².